The van der Waals surface area contributed by atoms with Crippen molar-refractivity contribution in [3.8, 4) is 0 Å². The van der Waals surface area contributed by atoms with Gasteiger partial charge in [0, 0.05) is 19.6 Å². The quantitative estimate of drug-likeness (QED) is 0.633. The van der Waals surface area contributed by atoms with Gasteiger partial charge in [0.2, 0.25) is 5.89 Å². The molecule has 1 atom stereocenters. The van der Waals surface area contributed by atoms with Gasteiger partial charge in [-0.3, -0.25) is 0 Å². The summed E-state index contributed by atoms with van der Waals surface area (Å²) >= 11 is 0. The Morgan fingerprint density at radius 3 is 2.74 bits per heavy atom. The van der Waals surface area contributed by atoms with E-state index in [9.17, 15) is 0 Å². The van der Waals surface area contributed by atoms with Crippen LogP contribution in [0.4, 0.5) is 0 Å². The van der Waals surface area contributed by atoms with Crippen LogP contribution in [0.15, 0.2) is 4.52 Å². The van der Waals surface area contributed by atoms with Gasteiger partial charge in [-0.2, -0.15) is 4.98 Å². The van der Waals surface area contributed by atoms with Crippen LogP contribution in [-0.2, 0) is 4.74 Å². The highest BCUT2D eigenvalue weighted by molar-refractivity contribution is 4.98. The number of hydrogen-bond donors (Lipinski definition) is 1. The van der Waals surface area contributed by atoms with Gasteiger partial charge in [0.05, 0.1) is 6.04 Å². The largest absolute Gasteiger partial charge is 0.385 e. The number of aromatic nitrogens is 2. The molecule has 1 heterocycles. The molecule has 5 nitrogen and oxygen atoms in total. The van der Waals surface area contributed by atoms with Gasteiger partial charge in [0.25, 0.3) is 0 Å². The van der Waals surface area contributed by atoms with Crippen molar-refractivity contribution in [2.45, 2.75) is 63.3 Å². The van der Waals surface area contributed by atoms with Crippen LogP contribution in [0, 0.1) is 0 Å². The first-order chi connectivity index (χ1) is 9.31. The molecule has 0 spiro atoms. The van der Waals surface area contributed by atoms with Crippen LogP contribution in [-0.4, -0.2) is 23.9 Å². The van der Waals surface area contributed by atoms with Crippen LogP contribution in [0.25, 0.3) is 0 Å². The first-order valence-electron chi connectivity index (χ1n) is 7.39. The van der Waals surface area contributed by atoms with Crippen molar-refractivity contribution in [3.63, 3.8) is 0 Å². The van der Waals surface area contributed by atoms with Crippen LogP contribution >= 0.6 is 0 Å². The van der Waals surface area contributed by atoms with Crippen molar-refractivity contribution in [2.24, 2.45) is 5.73 Å². The van der Waals surface area contributed by atoms with E-state index in [1.54, 1.807) is 7.11 Å². The monoisotopic (exact) mass is 267 g/mol. The van der Waals surface area contributed by atoms with Crippen LogP contribution in [0.3, 0.4) is 0 Å². The Bertz CT molecular complexity index is 359. The number of rotatable bonds is 6. The molecule has 2 rings (SSSR count). The number of nitrogens with two attached hydrogens (primary N) is 1. The average molecular weight is 267 g/mol. The molecule has 0 radical (unpaired) electrons. The predicted octanol–water partition coefficient (Wildman–Crippen LogP) is 2.93. The minimum atomic E-state index is -0.165. The summed E-state index contributed by atoms with van der Waals surface area (Å²) in [5, 5.41) is 4.13. The summed E-state index contributed by atoms with van der Waals surface area (Å²) in [6.45, 7) is 0.720. The highest BCUT2D eigenvalue weighted by atomic mass is 16.5. The first-order valence-corrected chi connectivity index (χ1v) is 7.39. The Kier molecular flexibility index (Phi) is 5.79. The number of nitrogens with zero attached hydrogens (tertiary/aromatic N) is 2. The topological polar surface area (TPSA) is 74.2 Å². The summed E-state index contributed by atoms with van der Waals surface area (Å²) in [5.74, 6) is 1.90. The lowest BCUT2D eigenvalue weighted by Crippen LogP contribution is -2.12. The molecule has 1 aromatic heterocycles. The van der Waals surface area contributed by atoms with Crippen LogP contribution in [0.5, 0.6) is 0 Å². The molecule has 0 aliphatic heterocycles. The van der Waals surface area contributed by atoms with E-state index in [1.165, 1.54) is 38.5 Å². The third-order valence-corrected chi connectivity index (χ3v) is 3.86. The third-order valence-electron chi connectivity index (χ3n) is 3.86. The van der Waals surface area contributed by atoms with Gasteiger partial charge in [-0.05, 0) is 25.7 Å². The molecular formula is C14H25N3O2. The van der Waals surface area contributed by atoms with Gasteiger partial charge in [-0.25, -0.2) is 0 Å². The van der Waals surface area contributed by atoms with Gasteiger partial charge in [0.15, 0.2) is 5.82 Å². The molecule has 19 heavy (non-hydrogen) atoms. The molecule has 108 valence electrons. The van der Waals surface area contributed by atoms with E-state index in [2.05, 4.69) is 10.1 Å². The average Bonchev–Trinajstić information content (AvgIpc) is 2.75. The maximum absolute atomic E-state index is 6.06. The highest BCUT2D eigenvalue weighted by Crippen LogP contribution is 2.30. The van der Waals surface area contributed by atoms with E-state index >= 15 is 0 Å². The zero-order valence-electron chi connectivity index (χ0n) is 11.8. The Hall–Kier alpha value is -0.940. The zero-order valence-corrected chi connectivity index (χ0v) is 11.8. The molecule has 1 unspecified atom stereocenters. The SMILES string of the molecule is COCCCC(N)c1nc(C2CCCCCC2)no1. The molecule has 1 aliphatic carbocycles. The fourth-order valence-corrected chi connectivity index (χ4v) is 2.67. The Balaban J connectivity index is 1.89. The molecule has 1 saturated carbocycles. The van der Waals surface area contributed by atoms with Gasteiger partial charge in [0.1, 0.15) is 0 Å². The molecular weight excluding hydrogens is 242 g/mol. The number of hydrogen-bond acceptors (Lipinski definition) is 5. The highest BCUT2D eigenvalue weighted by Gasteiger charge is 2.21. The summed E-state index contributed by atoms with van der Waals surface area (Å²) in [5.41, 5.74) is 6.06. The molecule has 1 aliphatic rings. The van der Waals surface area contributed by atoms with E-state index in [4.69, 9.17) is 15.0 Å². The molecule has 0 amide bonds. The second kappa shape index (κ2) is 7.60. The van der Waals surface area contributed by atoms with E-state index in [0.717, 1.165) is 25.3 Å². The van der Waals surface area contributed by atoms with Gasteiger partial charge >= 0.3 is 0 Å². The Morgan fingerprint density at radius 2 is 2.05 bits per heavy atom. The van der Waals surface area contributed by atoms with Gasteiger partial charge in [-0.15, -0.1) is 0 Å². The fraction of sp³-hybridized carbons (Fsp3) is 0.857. The minimum absolute atomic E-state index is 0.165. The smallest absolute Gasteiger partial charge is 0.243 e. The number of methoxy groups -OCH3 is 1. The number of ether oxygens (including phenoxy) is 1. The second-order valence-electron chi connectivity index (χ2n) is 5.42. The van der Waals surface area contributed by atoms with Crippen molar-refractivity contribution in [1.82, 2.24) is 10.1 Å². The molecule has 2 N–H and O–H groups in total. The first kappa shape index (κ1) is 14.5. The van der Waals surface area contributed by atoms with E-state index in [0.29, 0.717) is 11.8 Å². The van der Waals surface area contributed by atoms with Gasteiger partial charge in [-0.1, -0.05) is 30.8 Å². The van der Waals surface area contributed by atoms with E-state index in [1.807, 2.05) is 0 Å². The van der Waals surface area contributed by atoms with E-state index in [-0.39, 0.29) is 6.04 Å². The minimum Gasteiger partial charge on any atom is -0.385 e. The van der Waals surface area contributed by atoms with Crippen molar-refractivity contribution < 1.29 is 9.26 Å². The standard InChI is InChI=1S/C14H25N3O2/c1-18-10-6-9-12(15)14-16-13(17-19-14)11-7-4-2-3-5-8-11/h11-12H,2-10,15H2,1H3. The molecule has 0 saturated heterocycles. The van der Waals surface area contributed by atoms with Crippen LogP contribution in [0.1, 0.15) is 75.0 Å². The van der Waals surface area contributed by atoms with E-state index < -0.39 is 0 Å². The van der Waals surface area contributed by atoms with Crippen LogP contribution in [0.2, 0.25) is 0 Å². The lowest BCUT2D eigenvalue weighted by atomic mass is 10.00. The lowest BCUT2D eigenvalue weighted by Gasteiger charge is -2.08. The molecule has 1 fully saturated rings. The zero-order chi connectivity index (χ0) is 13.5. The lowest BCUT2D eigenvalue weighted by molar-refractivity contribution is 0.188. The fourth-order valence-electron chi connectivity index (χ4n) is 2.67. The van der Waals surface area contributed by atoms with Crippen molar-refractivity contribution in [3.05, 3.63) is 11.7 Å². The Morgan fingerprint density at radius 1 is 1.32 bits per heavy atom. The second-order valence-corrected chi connectivity index (χ2v) is 5.42. The third kappa shape index (κ3) is 4.28. The molecule has 0 aromatic carbocycles. The molecule has 5 heteroatoms. The van der Waals surface area contributed by atoms with Crippen molar-refractivity contribution >= 4 is 0 Å². The van der Waals surface area contributed by atoms with Gasteiger partial charge < -0.3 is 15.0 Å². The summed E-state index contributed by atoms with van der Waals surface area (Å²) < 4.78 is 10.3. The normalized spacial score (nSPS) is 19.3. The van der Waals surface area contributed by atoms with Crippen molar-refractivity contribution in [2.75, 3.05) is 13.7 Å². The Labute approximate surface area is 114 Å². The maximum Gasteiger partial charge on any atom is 0.243 e. The van der Waals surface area contributed by atoms with Crippen LogP contribution < -0.4 is 5.73 Å². The predicted molar refractivity (Wildman–Crippen MR) is 72.8 cm³/mol. The summed E-state index contributed by atoms with van der Waals surface area (Å²) in [4.78, 5) is 4.51. The summed E-state index contributed by atoms with van der Waals surface area (Å²) in [6.07, 6.45) is 9.30. The summed E-state index contributed by atoms with van der Waals surface area (Å²) in [7, 11) is 1.70. The molecule has 1 aromatic rings. The summed E-state index contributed by atoms with van der Waals surface area (Å²) in [6, 6.07) is -0.165. The maximum atomic E-state index is 6.06. The van der Waals surface area contributed by atoms with Crippen molar-refractivity contribution in [1.29, 1.82) is 0 Å². The molecule has 0 bridgehead atoms.